The van der Waals surface area contributed by atoms with Crippen molar-refractivity contribution in [1.29, 1.82) is 0 Å². The number of halogens is 2. The Kier molecular flexibility index (Phi) is 4.47. The molecule has 0 aromatic heterocycles. The van der Waals surface area contributed by atoms with Crippen LogP contribution < -0.4 is 0 Å². The van der Waals surface area contributed by atoms with Gasteiger partial charge in [-0.3, -0.25) is 4.79 Å². The van der Waals surface area contributed by atoms with Gasteiger partial charge in [-0.15, -0.1) is 11.6 Å². The van der Waals surface area contributed by atoms with Crippen molar-refractivity contribution in [3.8, 4) is 12.0 Å². The van der Waals surface area contributed by atoms with Crippen molar-refractivity contribution in [3.05, 3.63) is 34.9 Å². The number of alkyl halides is 1. The van der Waals surface area contributed by atoms with Crippen molar-refractivity contribution in [1.82, 2.24) is 5.01 Å². The highest BCUT2D eigenvalue weighted by Gasteiger charge is 2.20. The Bertz CT molecular complexity index is 567. The minimum Gasteiger partial charge on any atom is -0.272 e. The second kappa shape index (κ2) is 6.10. The SMILES string of the molecule is CC(Cl)C#CN1N=C(c2ccc(Cl)cc2)CCC1=O. The van der Waals surface area contributed by atoms with E-state index in [-0.39, 0.29) is 11.3 Å². The van der Waals surface area contributed by atoms with Crippen molar-refractivity contribution in [2.24, 2.45) is 5.10 Å². The second-order valence-corrected chi connectivity index (χ2v) is 5.22. The average Bonchev–Trinajstić information content (AvgIpc) is 2.39. The van der Waals surface area contributed by atoms with E-state index in [0.29, 0.717) is 17.9 Å². The summed E-state index contributed by atoms with van der Waals surface area (Å²) < 4.78 is 0. The highest BCUT2D eigenvalue weighted by molar-refractivity contribution is 6.30. The van der Waals surface area contributed by atoms with E-state index in [1.807, 2.05) is 12.1 Å². The number of benzene rings is 1. The van der Waals surface area contributed by atoms with Gasteiger partial charge in [-0.05, 0) is 24.6 Å². The Hall–Kier alpha value is -1.50. The van der Waals surface area contributed by atoms with E-state index >= 15 is 0 Å². The van der Waals surface area contributed by atoms with Crippen LogP contribution in [0.4, 0.5) is 0 Å². The third kappa shape index (κ3) is 3.73. The topological polar surface area (TPSA) is 32.7 Å². The second-order valence-electron chi connectivity index (χ2n) is 4.13. The molecule has 0 spiro atoms. The molecule has 0 bridgehead atoms. The summed E-state index contributed by atoms with van der Waals surface area (Å²) >= 11 is 11.6. The molecule has 2 rings (SSSR count). The molecule has 1 amide bonds. The van der Waals surface area contributed by atoms with Gasteiger partial charge in [0.2, 0.25) is 0 Å². The minimum absolute atomic E-state index is 0.109. The number of carbonyl (C=O) groups excluding carboxylic acids is 1. The van der Waals surface area contributed by atoms with E-state index in [1.54, 1.807) is 19.1 Å². The zero-order valence-corrected chi connectivity index (χ0v) is 11.9. The van der Waals surface area contributed by atoms with Crippen LogP contribution in [0, 0.1) is 12.0 Å². The van der Waals surface area contributed by atoms with Crippen LogP contribution in [0.5, 0.6) is 0 Å². The molecule has 1 aromatic rings. The molecular weight excluding hydrogens is 283 g/mol. The molecule has 3 nitrogen and oxygen atoms in total. The standard InChI is InChI=1S/C14H12Cl2N2O/c1-10(15)8-9-18-14(19)7-6-13(17-18)11-2-4-12(16)5-3-11/h2-5,10H,6-7H2,1H3. The zero-order chi connectivity index (χ0) is 13.8. The number of nitrogens with zero attached hydrogens (tertiary/aromatic N) is 2. The van der Waals surface area contributed by atoms with Gasteiger partial charge in [0, 0.05) is 23.9 Å². The molecule has 0 saturated heterocycles. The fourth-order valence-electron chi connectivity index (χ4n) is 1.64. The Morgan fingerprint density at radius 1 is 1.32 bits per heavy atom. The number of rotatable bonds is 1. The molecule has 1 aromatic carbocycles. The normalized spacial score (nSPS) is 16.5. The van der Waals surface area contributed by atoms with Crippen molar-refractivity contribution < 1.29 is 4.79 Å². The van der Waals surface area contributed by atoms with Crippen molar-refractivity contribution in [2.45, 2.75) is 25.1 Å². The molecule has 0 saturated carbocycles. The minimum atomic E-state index is -0.316. The van der Waals surface area contributed by atoms with Gasteiger partial charge in [0.25, 0.3) is 5.91 Å². The van der Waals surface area contributed by atoms with Crippen LogP contribution in [0.25, 0.3) is 0 Å². The predicted molar refractivity (Wildman–Crippen MR) is 77.2 cm³/mol. The Morgan fingerprint density at radius 3 is 2.63 bits per heavy atom. The number of hydrogen-bond donors (Lipinski definition) is 0. The van der Waals surface area contributed by atoms with Crippen LogP contribution in [0.1, 0.15) is 25.3 Å². The van der Waals surface area contributed by atoms with Crippen LogP contribution in [0.15, 0.2) is 29.4 Å². The zero-order valence-electron chi connectivity index (χ0n) is 10.4. The largest absolute Gasteiger partial charge is 0.272 e. The first-order valence-corrected chi connectivity index (χ1v) is 6.69. The van der Waals surface area contributed by atoms with E-state index in [1.165, 1.54) is 5.01 Å². The molecular formula is C14H12Cl2N2O. The van der Waals surface area contributed by atoms with E-state index in [2.05, 4.69) is 17.1 Å². The summed E-state index contributed by atoms with van der Waals surface area (Å²) in [6.07, 6.45) is 1.00. The monoisotopic (exact) mass is 294 g/mol. The molecule has 19 heavy (non-hydrogen) atoms. The molecule has 1 aliphatic rings. The Labute approximate surface area is 122 Å². The summed E-state index contributed by atoms with van der Waals surface area (Å²) in [4.78, 5) is 11.7. The molecule has 0 N–H and O–H groups in total. The average molecular weight is 295 g/mol. The van der Waals surface area contributed by atoms with E-state index in [0.717, 1.165) is 11.3 Å². The van der Waals surface area contributed by atoms with Crippen molar-refractivity contribution in [3.63, 3.8) is 0 Å². The lowest BCUT2D eigenvalue weighted by molar-refractivity contribution is -0.128. The van der Waals surface area contributed by atoms with Gasteiger partial charge >= 0.3 is 0 Å². The molecule has 0 aliphatic carbocycles. The van der Waals surface area contributed by atoms with Crippen LogP contribution in [0.3, 0.4) is 0 Å². The van der Waals surface area contributed by atoms with Gasteiger partial charge in [0.15, 0.2) is 0 Å². The summed E-state index contributed by atoms with van der Waals surface area (Å²) in [6, 6.07) is 10.0. The summed E-state index contributed by atoms with van der Waals surface area (Å²) in [5.41, 5.74) is 1.77. The molecule has 1 heterocycles. The Balaban J connectivity index is 2.27. The number of hydrogen-bond acceptors (Lipinski definition) is 2. The maximum atomic E-state index is 11.7. The lowest BCUT2D eigenvalue weighted by atomic mass is 10.0. The highest BCUT2D eigenvalue weighted by atomic mass is 35.5. The molecule has 0 fully saturated rings. The van der Waals surface area contributed by atoms with Crippen LogP contribution >= 0.6 is 23.2 Å². The molecule has 98 valence electrons. The van der Waals surface area contributed by atoms with Crippen LogP contribution in [-0.2, 0) is 4.79 Å². The van der Waals surface area contributed by atoms with Crippen LogP contribution in [-0.4, -0.2) is 22.0 Å². The van der Waals surface area contributed by atoms with E-state index in [9.17, 15) is 4.79 Å². The van der Waals surface area contributed by atoms with Crippen LogP contribution in [0.2, 0.25) is 5.02 Å². The van der Waals surface area contributed by atoms with Gasteiger partial charge in [-0.25, -0.2) is 0 Å². The van der Waals surface area contributed by atoms with Gasteiger partial charge in [0.1, 0.15) is 0 Å². The van der Waals surface area contributed by atoms with Gasteiger partial charge in [0.05, 0.1) is 11.1 Å². The molecule has 1 atom stereocenters. The first-order valence-electron chi connectivity index (χ1n) is 5.88. The highest BCUT2D eigenvalue weighted by Crippen LogP contribution is 2.17. The summed E-state index contributed by atoms with van der Waals surface area (Å²) in [6.45, 7) is 1.74. The number of amides is 1. The van der Waals surface area contributed by atoms with Crippen molar-refractivity contribution >= 4 is 34.8 Å². The predicted octanol–water partition coefficient (Wildman–Crippen LogP) is 3.25. The Morgan fingerprint density at radius 2 is 2.00 bits per heavy atom. The fraction of sp³-hybridized carbons (Fsp3) is 0.286. The number of carbonyl (C=O) groups is 1. The molecule has 1 unspecified atom stereocenters. The summed E-state index contributed by atoms with van der Waals surface area (Å²) in [5, 5.41) is 5.79. The third-order valence-electron chi connectivity index (χ3n) is 2.58. The fourth-order valence-corrected chi connectivity index (χ4v) is 1.81. The lowest BCUT2D eigenvalue weighted by Crippen LogP contribution is -2.28. The number of hydrazone groups is 1. The molecule has 5 heteroatoms. The smallest absolute Gasteiger partial charge is 0.255 e. The van der Waals surface area contributed by atoms with E-state index in [4.69, 9.17) is 23.2 Å². The molecule has 0 radical (unpaired) electrons. The maximum absolute atomic E-state index is 11.7. The lowest BCUT2D eigenvalue weighted by Gasteiger charge is -2.18. The first-order chi connectivity index (χ1) is 9.06. The van der Waals surface area contributed by atoms with Gasteiger partial charge in [-0.1, -0.05) is 29.7 Å². The summed E-state index contributed by atoms with van der Waals surface area (Å²) in [5.74, 6) is 2.61. The quantitative estimate of drug-likeness (QED) is 0.578. The maximum Gasteiger partial charge on any atom is 0.255 e. The third-order valence-corrected chi connectivity index (χ3v) is 2.94. The first kappa shape index (κ1) is 13.9. The van der Waals surface area contributed by atoms with Gasteiger partial charge < -0.3 is 0 Å². The van der Waals surface area contributed by atoms with Crippen molar-refractivity contribution in [2.75, 3.05) is 0 Å². The van der Waals surface area contributed by atoms with E-state index < -0.39 is 0 Å². The summed E-state index contributed by atoms with van der Waals surface area (Å²) in [7, 11) is 0. The molecule has 1 aliphatic heterocycles. The van der Waals surface area contributed by atoms with Gasteiger partial charge in [-0.2, -0.15) is 10.1 Å².